The van der Waals surface area contributed by atoms with Gasteiger partial charge in [-0.25, -0.2) is 4.99 Å². The summed E-state index contributed by atoms with van der Waals surface area (Å²) in [4.78, 5) is 4.90. The highest BCUT2D eigenvalue weighted by atomic mass is 16.5. The summed E-state index contributed by atoms with van der Waals surface area (Å²) in [5, 5.41) is 3.24. The van der Waals surface area contributed by atoms with E-state index >= 15 is 0 Å². The highest BCUT2D eigenvalue weighted by Crippen LogP contribution is 2.62. The van der Waals surface area contributed by atoms with Crippen molar-refractivity contribution in [2.75, 3.05) is 11.9 Å². The molecular formula is C20H29N3O2. The largest absolute Gasteiger partial charge is 0.491 e. The fourth-order valence-corrected chi connectivity index (χ4v) is 5.05. The summed E-state index contributed by atoms with van der Waals surface area (Å²) in [6.45, 7) is 4.93. The molecule has 1 saturated heterocycles. The molecule has 5 nitrogen and oxygen atoms in total. The normalized spacial score (nSPS) is 30.4. The highest BCUT2D eigenvalue weighted by Gasteiger charge is 2.65. The van der Waals surface area contributed by atoms with Crippen molar-refractivity contribution in [2.45, 2.75) is 64.2 Å². The van der Waals surface area contributed by atoms with Gasteiger partial charge in [0.15, 0.2) is 5.96 Å². The number of nitrogens with two attached hydrogens (primary N) is 1. The van der Waals surface area contributed by atoms with Crippen LogP contribution in [0.3, 0.4) is 0 Å². The van der Waals surface area contributed by atoms with Gasteiger partial charge in [0, 0.05) is 23.6 Å². The van der Waals surface area contributed by atoms with E-state index in [0.29, 0.717) is 24.0 Å². The Hall–Kier alpha value is -1.75. The monoisotopic (exact) mass is 343 g/mol. The molecule has 0 radical (unpaired) electrons. The molecular weight excluding hydrogens is 314 g/mol. The number of anilines is 1. The molecule has 5 heteroatoms. The minimum atomic E-state index is 0.174. The van der Waals surface area contributed by atoms with Gasteiger partial charge >= 0.3 is 0 Å². The van der Waals surface area contributed by atoms with Gasteiger partial charge in [0.05, 0.1) is 18.2 Å². The Morgan fingerprint density at radius 1 is 1.28 bits per heavy atom. The maximum Gasteiger partial charge on any atom is 0.193 e. The second-order valence-corrected chi connectivity index (χ2v) is 7.96. The van der Waals surface area contributed by atoms with Gasteiger partial charge in [-0.15, -0.1) is 0 Å². The van der Waals surface area contributed by atoms with Crippen LogP contribution in [0.1, 0.15) is 46.0 Å². The maximum atomic E-state index is 6.24. The molecule has 1 aliphatic heterocycles. The van der Waals surface area contributed by atoms with Gasteiger partial charge in [0.2, 0.25) is 0 Å². The minimum Gasteiger partial charge on any atom is -0.491 e. The number of hydrogen-bond donors (Lipinski definition) is 2. The van der Waals surface area contributed by atoms with Gasteiger partial charge in [0.25, 0.3) is 0 Å². The first kappa shape index (κ1) is 16.7. The molecule has 3 unspecified atom stereocenters. The van der Waals surface area contributed by atoms with E-state index in [1.54, 1.807) is 0 Å². The SMILES string of the molecule is CC(C)Oc1ccc(NC(N)=NC2C3CCOC3C23CCCC3)cc1. The maximum absolute atomic E-state index is 6.24. The Balaban J connectivity index is 1.44. The van der Waals surface area contributed by atoms with Crippen LogP contribution >= 0.6 is 0 Å². The molecule has 1 aromatic rings. The lowest BCUT2D eigenvalue weighted by Gasteiger charge is -2.54. The molecule has 0 amide bonds. The average Bonchev–Trinajstić information content (AvgIpc) is 3.22. The van der Waals surface area contributed by atoms with Crippen molar-refractivity contribution < 1.29 is 9.47 Å². The fourth-order valence-electron chi connectivity index (χ4n) is 5.05. The van der Waals surface area contributed by atoms with Gasteiger partial charge in [0.1, 0.15) is 5.75 Å². The summed E-state index contributed by atoms with van der Waals surface area (Å²) in [6.07, 6.45) is 6.77. The standard InChI is InChI=1S/C20H29N3O2/c1-13(2)25-15-7-5-14(6-8-15)22-19(21)23-17-16-9-12-24-18(16)20(17)10-3-4-11-20/h5-8,13,16-18H,3-4,9-12H2,1-2H3,(H3,21,22,23). The Bertz CT molecular complexity index is 635. The zero-order valence-electron chi connectivity index (χ0n) is 15.2. The Morgan fingerprint density at radius 2 is 2.00 bits per heavy atom. The minimum absolute atomic E-state index is 0.174. The quantitative estimate of drug-likeness (QED) is 0.648. The van der Waals surface area contributed by atoms with Crippen LogP contribution in [0, 0.1) is 11.3 Å². The van der Waals surface area contributed by atoms with Crippen LogP contribution in [-0.4, -0.2) is 30.8 Å². The molecule has 2 aliphatic carbocycles. The van der Waals surface area contributed by atoms with Crippen molar-refractivity contribution in [3.63, 3.8) is 0 Å². The predicted octanol–water partition coefficient (Wildman–Crippen LogP) is 3.55. The van der Waals surface area contributed by atoms with E-state index in [9.17, 15) is 0 Å². The van der Waals surface area contributed by atoms with Crippen molar-refractivity contribution >= 4 is 11.6 Å². The Labute approximate surface area is 150 Å². The molecule has 1 heterocycles. The van der Waals surface area contributed by atoms with Crippen LogP contribution in [0.2, 0.25) is 0 Å². The first-order chi connectivity index (χ1) is 12.1. The van der Waals surface area contributed by atoms with Crippen LogP contribution in [0.15, 0.2) is 29.3 Å². The average molecular weight is 343 g/mol. The van der Waals surface area contributed by atoms with Gasteiger partial charge in [-0.2, -0.15) is 0 Å². The van der Waals surface area contributed by atoms with E-state index in [4.69, 9.17) is 20.2 Å². The third-order valence-electron chi connectivity index (χ3n) is 6.01. The molecule has 1 spiro atoms. The third-order valence-corrected chi connectivity index (χ3v) is 6.01. The molecule has 2 saturated carbocycles. The molecule has 3 atom stereocenters. The van der Waals surface area contributed by atoms with Crippen LogP contribution in [0.4, 0.5) is 5.69 Å². The van der Waals surface area contributed by atoms with Gasteiger partial charge in [-0.3, -0.25) is 0 Å². The molecule has 136 valence electrons. The van der Waals surface area contributed by atoms with Gasteiger partial charge in [-0.1, -0.05) is 12.8 Å². The van der Waals surface area contributed by atoms with E-state index in [-0.39, 0.29) is 11.5 Å². The van der Waals surface area contributed by atoms with Crippen molar-refractivity contribution in [3.05, 3.63) is 24.3 Å². The fraction of sp³-hybridized carbons (Fsp3) is 0.650. The molecule has 3 aliphatic rings. The van der Waals surface area contributed by atoms with Crippen LogP contribution < -0.4 is 15.8 Å². The molecule has 0 bridgehead atoms. The number of aliphatic imine (C=N–C) groups is 1. The number of ether oxygens (including phenoxy) is 2. The predicted molar refractivity (Wildman–Crippen MR) is 100.0 cm³/mol. The Morgan fingerprint density at radius 3 is 2.68 bits per heavy atom. The topological polar surface area (TPSA) is 68.9 Å². The van der Waals surface area contributed by atoms with Crippen molar-refractivity contribution in [1.29, 1.82) is 0 Å². The third kappa shape index (κ3) is 2.99. The lowest BCUT2D eigenvalue weighted by Crippen LogP contribution is -2.61. The van der Waals surface area contributed by atoms with Gasteiger partial charge in [-0.05, 0) is 57.4 Å². The molecule has 0 aromatic heterocycles. The smallest absolute Gasteiger partial charge is 0.193 e. The van der Waals surface area contributed by atoms with Gasteiger partial charge < -0.3 is 20.5 Å². The van der Waals surface area contributed by atoms with E-state index in [1.165, 1.54) is 25.7 Å². The Kier molecular flexibility index (Phi) is 4.36. The van der Waals surface area contributed by atoms with Crippen LogP contribution in [0.5, 0.6) is 5.75 Å². The first-order valence-electron chi connectivity index (χ1n) is 9.57. The first-order valence-corrected chi connectivity index (χ1v) is 9.57. The molecule has 4 rings (SSSR count). The second-order valence-electron chi connectivity index (χ2n) is 7.96. The number of fused-ring (bicyclic) bond motifs is 2. The summed E-state index contributed by atoms with van der Waals surface area (Å²) < 4.78 is 11.7. The lowest BCUT2D eigenvalue weighted by atomic mass is 9.54. The molecule has 25 heavy (non-hydrogen) atoms. The van der Waals surface area contributed by atoms with Crippen molar-refractivity contribution in [1.82, 2.24) is 0 Å². The zero-order valence-corrected chi connectivity index (χ0v) is 15.2. The number of benzene rings is 1. The van der Waals surface area contributed by atoms with Crippen LogP contribution in [-0.2, 0) is 4.74 Å². The van der Waals surface area contributed by atoms with E-state index < -0.39 is 0 Å². The number of guanidine groups is 1. The molecule has 3 fully saturated rings. The van der Waals surface area contributed by atoms with Crippen molar-refractivity contribution in [3.8, 4) is 5.75 Å². The summed E-state index contributed by atoms with van der Waals surface area (Å²) in [6, 6.07) is 8.19. The zero-order chi connectivity index (χ0) is 17.4. The highest BCUT2D eigenvalue weighted by molar-refractivity contribution is 5.92. The number of nitrogens with zero attached hydrogens (tertiary/aromatic N) is 1. The molecule has 1 aromatic carbocycles. The summed E-state index contributed by atoms with van der Waals surface area (Å²) in [5.41, 5.74) is 7.43. The lowest BCUT2D eigenvalue weighted by molar-refractivity contribution is -0.117. The number of rotatable bonds is 4. The molecule has 3 N–H and O–H groups in total. The summed E-state index contributed by atoms with van der Waals surface area (Å²) >= 11 is 0. The van der Waals surface area contributed by atoms with E-state index in [2.05, 4.69) is 5.32 Å². The van der Waals surface area contributed by atoms with E-state index in [1.807, 2.05) is 38.1 Å². The summed E-state index contributed by atoms with van der Waals surface area (Å²) in [5.74, 6) is 1.94. The number of hydrogen-bond acceptors (Lipinski definition) is 3. The van der Waals surface area contributed by atoms with Crippen LogP contribution in [0.25, 0.3) is 0 Å². The summed E-state index contributed by atoms with van der Waals surface area (Å²) in [7, 11) is 0. The number of nitrogens with one attached hydrogen (secondary N) is 1. The second kappa shape index (κ2) is 6.52. The van der Waals surface area contributed by atoms with Crippen molar-refractivity contribution in [2.24, 2.45) is 22.1 Å². The van der Waals surface area contributed by atoms with E-state index in [0.717, 1.165) is 24.5 Å².